The number of carbonyl (C=O) groups is 1. The van der Waals surface area contributed by atoms with Crippen molar-refractivity contribution in [2.75, 3.05) is 18.2 Å². The van der Waals surface area contributed by atoms with E-state index in [0.717, 1.165) is 22.8 Å². The summed E-state index contributed by atoms with van der Waals surface area (Å²) in [6.45, 7) is 2.01. The first kappa shape index (κ1) is 17.9. The lowest BCUT2D eigenvalue weighted by atomic mass is 9.72. The Morgan fingerprint density at radius 2 is 2.00 bits per heavy atom. The van der Waals surface area contributed by atoms with Gasteiger partial charge in [0.05, 0.1) is 18.6 Å². The molecule has 7 heteroatoms. The number of ketones is 1. The van der Waals surface area contributed by atoms with E-state index in [1.807, 2.05) is 31.2 Å². The first-order chi connectivity index (χ1) is 13.1. The number of thioether (sulfide) groups is 1. The van der Waals surface area contributed by atoms with Gasteiger partial charge in [-0.1, -0.05) is 36.9 Å². The fourth-order valence-electron chi connectivity index (χ4n) is 3.84. The van der Waals surface area contributed by atoms with Crippen LogP contribution in [0.4, 0.5) is 5.82 Å². The molecule has 0 saturated carbocycles. The van der Waals surface area contributed by atoms with E-state index >= 15 is 0 Å². The van der Waals surface area contributed by atoms with Gasteiger partial charge in [0.15, 0.2) is 5.16 Å². The van der Waals surface area contributed by atoms with Gasteiger partial charge in [-0.05, 0) is 29.9 Å². The van der Waals surface area contributed by atoms with Gasteiger partial charge in [-0.2, -0.15) is 0 Å². The first-order valence-electron chi connectivity index (χ1n) is 9.03. The van der Waals surface area contributed by atoms with E-state index in [-0.39, 0.29) is 23.2 Å². The maximum Gasteiger partial charge on any atom is 0.257 e. The quantitative estimate of drug-likeness (QED) is 0.622. The molecule has 0 bridgehead atoms. The Hall–Kier alpha value is -2.54. The zero-order chi connectivity index (χ0) is 19.0. The summed E-state index contributed by atoms with van der Waals surface area (Å²) in [5, 5.41) is 3.85. The number of benzene rings is 1. The summed E-state index contributed by atoms with van der Waals surface area (Å²) in [6, 6.07) is 7.56. The number of Topliss-reactive ketones (excluding diaryl/α,β-unsaturated/α-hetero) is 1. The molecule has 2 atom stereocenters. The summed E-state index contributed by atoms with van der Waals surface area (Å²) < 4.78 is 5.25. The topological polar surface area (TPSA) is 84.1 Å². The summed E-state index contributed by atoms with van der Waals surface area (Å²) in [6.07, 6.45) is 3.26. The Labute approximate surface area is 161 Å². The highest BCUT2D eigenvalue weighted by Gasteiger charge is 2.42. The number of allylic oxidation sites excluding steroid dienone is 2. The molecule has 1 aliphatic carbocycles. The summed E-state index contributed by atoms with van der Waals surface area (Å²) >= 11 is 1.48. The third kappa shape index (κ3) is 3.16. The van der Waals surface area contributed by atoms with Crippen LogP contribution in [0.15, 0.2) is 46.0 Å². The monoisotopic (exact) mass is 383 g/mol. The maximum atomic E-state index is 12.9. The van der Waals surface area contributed by atoms with Crippen molar-refractivity contribution in [3.8, 4) is 5.75 Å². The summed E-state index contributed by atoms with van der Waals surface area (Å²) in [5.41, 5.74) is 2.10. The van der Waals surface area contributed by atoms with Crippen molar-refractivity contribution in [3.63, 3.8) is 0 Å². The van der Waals surface area contributed by atoms with Crippen LogP contribution >= 0.6 is 11.8 Å². The molecule has 2 heterocycles. The molecule has 0 saturated heterocycles. The third-order valence-electron chi connectivity index (χ3n) is 5.03. The van der Waals surface area contributed by atoms with Crippen molar-refractivity contribution >= 4 is 23.4 Å². The standard InChI is InChI=1S/C20H21N3O3S/c1-3-27-20-22-18-17(19(25)23-20)15(11-7-9-12(26-2)10-8-11)16-13(21-18)5-4-6-14(16)24/h5,7-10,15-16H,3-4,6H2,1-2H3,(H2,21,22,23,25)/t15-,16-/m1/s1. The van der Waals surface area contributed by atoms with Crippen LogP contribution in [0.25, 0.3) is 0 Å². The molecule has 2 N–H and O–H groups in total. The van der Waals surface area contributed by atoms with Crippen LogP contribution in [-0.4, -0.2) is 28.6 Å². The van der Waals surface area contributed by atoms with Gasteiger partial charge in [-0.15, -0.1) is 0 Å². The smallest absolute Gasteiger partial charge is 0.257 e. The predicted molar refractivity (Wildman–Crippen MR) is 106 cm³/mol. The van der Waals surface area contributed by atoms with Crippen LogP contribution in [0.3, 0.4) is 0 Å². The van der Waals surface area contributed by atoms with Gasteiger partial charge >= 0.3 is 0 Å². The molecular weight excluding hydrogens is 362 g/mol. The van der Waals surface area contributed by atoms with Crippen LogP contribution in [0.1, 0.15) is 36.8 Å². The van der Waals surface area contributed by atoms with Gasteiger partial charge in [0.25, 0.3) is 5.56 Å². The molecule has 1 aromatic heterocycles. The number of nitrogens with zero attached hydrogens (tertiary/aromatic N) is 1. The number of hydrogen-bond donors (Lipinski definition) is 2. The van der Waals surface area contributed by atoms with Gasteiger partial charge in [0.1, 0.15) is 17.4 Å². The summed E-state index contributed by atoms with van der Waals surface area (Å²) in [4.78, 5) is 33.2. The van der Waals surface area contributed by atoms with Crippen molar-refractivity contribution in [1.82, 2.24) is 9.97 Å². The van der Waals surface area contributed by atoms with E-state index in [1.165, 1.54) is 11.8 Å². The van der Waals surface area contributed by atoms with E-state index in [4.69, 9.17) is 4.74 Å². The second-order valence-electron chi connectivity index (χ2n) is 6.58. The Balaban J connectivity index is 1.90. The van der Waals surface area contributed by atoms with Crippen LogP contribution < -0.4 is 15.6 Å². The number of aromatic amines is 1. The minimum absolute atomic E-state index is 0.151. The highest BCUT2D eigenvalue weighted by Crippen LogP contribution is 2.45. The zero-order valence-electron chi connectivity index (χ0n) is 15.2. The predicted octanol–water partition coefficient (Wildman–Crippen LogP) is 3.31. The van der Waals surface area contributed by atoms with Gasteiger partial charge in [-0.3, -0.25) is 9.59 Å². The molecule has 6 nitrogen and oxygen atoms in total. The second kappa shape index (κ2) is 7.23. The number of aromatic nitrogens is 2. The molecule has 0 fully saturated rings. The van der Waals surface area contributed by atoms with Crippen LogP contribution in [0.5, 0.6) is 5.75 Å². The lowest BCUT2D eigenvalue weighted by Gasteiger charge is -2.36. The van der Waals surface area contributed by atoms with Crippen molar-refractivity contribution < 1.29 is 9.53 Å². The largest absolute Gasteiger partial charge is 0.497 e. The van der Waals surface area contributed by atoms with Crippen molar-refractivity contribution in [2.24, 2.45) is 5.92 Å². The van der Waals surface area contributed by atoms with Crippen LogP contribution in [0, 0.1) is 5.92 Å². The number of hydrogen-bond acceptors (Lipinski definition) is 6. The normalized spacial score (nSPS) is 21.0. The van der Waals surface area contributed by atoms with Gasteiger partial charge in [0.2, 0.25) is 0 Å². The lowest BCUT2D eigenvalue weighted by Crippen LogP contribution is -2.38. The van der Waals surface area contributed by atoms with E-state index in [2.05, 4.69) is 21.4 Å². The molecule has 140 valence electrons. The number of fused-ring (bicyclic) bond motifs is 2. The summed E-state index contributed by atoms with van der Waals surface area (Å²) in [7, 11) is 1.61. The number of rotatable bonds is 4. The van der Waals surface area contributed by atoms with E-state index < -0.39 is 0 Å². The molecule has 4 rings (SSSR count). The molecule has 0 amide bonds. The Morgan fingerprint density at radius 3 is 2.70 bits per heavy atom. The first-order valence-corrected chi connectivity index (χ1v) is 10.0. The molecule has 27 heavy (non-hydrogen) atoms. The average molecular weight is 383 g/mol. The Morgan fingerprint density at radius 1 is 1.22 bits per heavy atom. The highest BCUT2D eigenvalue weighted by atomic mass is 32.2. The zero-order valence-corrected chi connectivity index (χ0v) is 16.1. The fourth-order valence-corrected chi connectivity index (χ4v) is 4.44. The summed E-state index contributed by atoms with van der Waals surface area (Å²) in [5.74, 6) is 1.51. The van der Waals surface area contributed by atoms with Crippen molar-refractivity contribution in [1.29, 1.82) is 0 Å². The van der Waals surface area contributed by atoms with Crippen LogP contribution in [0.2, 0.25) is 0 Å². The fraction of sp³-hybridized carbons (Fsp3) is 0.350. The third-order valence-corrected chi connectivity index (χ3v) is 5.79. The number of methoxy groups -OCH3 is 1. The molecule has 2 aliphatic rings. The molecule has 0 unspecified atom stereocenters. The molecule has 0 radical (unpaired) electrons. The van der Waals surface area contributed by atoms with Gasteiger partial charge in [-0.25, -0.2) is 4.98 Å². The second-order valence-corrected chi connectivity index (χ2v) is 7.84. The highest BCUT2D eigenvalue weighted by molar-refractivity contribution is 7.99. The van der Waals surface area contributed by atoms with Crippen molar-refractivity contribution in [2.45, 2.75) is 30.8 Å². The van der Waals surface area contributed by atoms with Crippen LogP contribution in [-0.2, 0) is 4.79 Å². The van der Waals surface area contributed by atoms with E-state index in [0.29, 0.717) is 29.4 Å². The Kier molecular flexibility index (Phi) is 4.78. The average Bonchev–Trinajstić information content (AvgIpc) is 2.67. The number of H-pyrrole nitrogens is 1. The Bertz CT molecular complexity index is 965. The van der Waals surface area contributed by atoms with E-state index in [9.17, 15) is 9.59 Å². The number of nitrogens with one attached hydrogen (secondary N) is 2. The molecule has 1 aliphatic heterocycles. The number of carbonyl (C=O) groups excluding carboxylic acids is 1. The minimum Gasteiger partial charge on any atom is -0.497 e. The van der Waals surface area contributed by atoms with Gasteiger partial charge in [0, 0.05) is 18.0 Å². The van der Waals surface area contributed by atoms with E-state index in [1.54, 1.807) is 7.11 Å². The minimum atomic E-state index is -0.382. The molecule has 1 aromatic carbocycles. The molecular formula is C20H21N3O3S. The number of anilines is 1. The number of ether oxygens (including phenoxy) is 1. The molecule has 2 aromatic rings. The lowest BCUT2D eigenvalue weighted by molar-refractivity contribution is -0.122. The van der Waals surface area contributed by atoms with Crippen molar-refractivity contribution in [3.05, 3.63) is 57.5 Å². The maximum absolute atomic E-state index is 12.9. The SMILES string of the molecule is CCSc1nc2c(c(=O)[nH]1)[C@H](c1ccc(OC)cc1)[C@H]1C(=O)CCC=C1N2. The van der Waals surface area contributed by atoms with Gasteiger partial charge < -0.3 is 15.0 Å². The molecule has 0 spiro atoms.